The van der Waals surface area contributed by atoms with E-state index in [1.54, 1.807) is 0 Å². The molecule has 2 nitrogen and oxygen atoms in total. The van der Waals surface area contributed by atoms with E-state index in [-0.39, 0.29) is 0 Å². The van der Waals surface area contributed by atoms with E-state index in [0.717, 1.165) is 51.4 Å². The highest BCUT2D eigenvalue weighted by Crippen LogP contribution is 2.53. The summed E-state index contributed by atoms with van der Waals surface area (Å²) in [5.74, 6) is 0. The average Bonchev–Trinajstić information content (AvgIpc) is 3.31. The number of fused-ring (bicyclic) bond motifs is 4. The largest absolute Gasteiger partial charge is 0.309 e. The van der Waals surface area contributed by atoms with Crippen LogP contribution in [0.4, 0.5) is 34.1 Å². The minimum atomic E-state index is 1.02. The molecule has 0 spiro atoms. The minimum absolute atomic E-state index is 1.02. The first-order valence-corrected chi connectivity index (χ1v) is 23.9. The molecule has 2 heteroatoms. The molecule has 0 unspecified atom stereocenters. The van der Waals surface area contributed by atoms with Crippen LogP contribution in [-0.4, -0.2) is 0 Å². The monoisotopic (exact) mass is 832 g/mol. The van der Waals surface area contributed by atoms with Gasteiger partial charge in [0.2, 0.25) is 0 Å². The third-order valence-electron chi connectivity index (χ3n) is 13.6. The molecular weight excluding hydrogens is 773 g/mol. The van der Waals surface area contributed by atoms with Crippen molar-refractivity contribution in [3.63, 3.8) is 0 Å². The van der Waals surface area contributed by atoms with Crippen molar-refractivity contribution in [3.8, 4) is 0 Å². The fourth-order valence-corrected chi connectivity index (χ4v) is 10.9. The Labute approximate surface area is 380 Å². The van der Waals surface area contributed by atoms with Crippen molar-refractivity contribution in [2.24, 2.45) is 0 Å². The zero-order chi connectivity index (χ0) is 43.9. The van der Waals surface area contributed by atoms with E-state index < -0.39 is 0 Å². The molecule has 0 atom stereocenters. The lowest BCUT2D eigenvalue weighted by Crippen LogP contribution is -2.16. The molecular formula is C62H60N2. The summed E-state index contributed by atoms with van der Waals surface area (Å²) in [5, 5.41) is 13.0. The fraction of sp³-hybridized carbons (Fsp3) is 0.226. The van der Waals surface area contributed by atoms with Crippen LogP contribution >= 0.6 is 0 Å². The van der Waals surface area contributed by atoms with Gasteiger partial charge in [0.15, 0.2) is 0 Å². The molecule has 0 aromatic heterocycles. The predicted octanol–water partition coefficient (Wildman–Crippen LogP) is 18.3. The summed E-state index contributed by atoms with van der Waals surface area (Å²) in [6, 6.07) is 60.6. The maximum absolute atomic E-state index is 2.64. The van der Waals surface area contributed by atoms with Gasteiger partial charge in [-0.3, -0.25) is 0 Å². The van der Waals surface area contributed by atoms with Gasteiger partial charge in [0.25, 0.3) is 0 Å². The van der Waals surface area contributed by atoms with Crippen molar-refractivity contribution in [1.29, 1.82) is 0 Å². The highest BCUT2D eigenvalue weighted by Gasteiger charge is 2.28. The first kappa shape index (κ1) is 41.4. The Bertz CT molecular complexity index is 3230. The Morgan fingerprint density at radius 2 is 0.688 bits per heavy atom. The zero-order valence-electron chi connectivity index (χ0n) is 38.6. The van der Waals surface area contributed by atoms with Gasteiger partial charge in [-0.1, -0.05) is 192 Å². The number of benzene rings is 10. The number of nitrogens with zero attached hydrogens (tertiary/aromatic N) is 2. The Balaban J connectivity index is 1.33. The van der Waals surface area contributed by atoms with Crippen molar-refractivity contribution in [1.82, 2.24) is 0 Å². The molecule has 10 aromatic rings. The molecule has 0 aliphatic rings. The van der Waals surface area contributed by atoms with Crippen LogP contribution in [0.2, 0.25) is 0 Å². The molecule has 0 amide bonds. The summed E-state index contributed by atoms with van der Waals surface area (Å²) in [5.41, 5.74) is 15.7. The number of para-hydroxylation sites is 2. The van der Waals surface area contributed by atoms with Gasteiger partial charge in [-0.2, -0.15) is 0 Å². The van der Waals surface area contributed by atoms with Crippen LogP contribution in [0.3, 0.4) is 0 Å². The summed E-state index contributed by atoms with van der Waals surface area (Å²) in [6.45, 7) is 13.6. The topological polar surface area (TPSA) is 6.48 Å². The molecule has 10 rings (SSSR count). The zero-order valence-corrected chi connectivity index (χ0v) is 38.6. The lowest BCUT2D eigenvalue weighted by atomic mass is 9.85. The van der Waals surface area contributed by atoms with Crippen molar-refractivity contribution in [2.75, 3.05) is 9.80 Å². The molecule has 0 bridgehead atoms. The van der Waals surface area contributed by atoms with E-state index in [4.69, 9.17) is 0 Å². The van der Waals surface area contributed by atoms with Gasteiger partial charge in [-0.05, 0) is 124 Å². The fourth-order valence-electron chi connectivity index (χ4n) is 10.9. The maximum atomic E-state index is 2.64. The SMILES string of the molecule is CCCc1cccc(CCC)c1N(c1ccc(C)cc1)c1ccc2c3cccc4c(N(c5ccc(C)cc5)c5c(CCC)cccc5CCC)c5ccccc5c(c5cccc1c25)c43. The molecule has 0 radical (unpaired) electrons. The van der Waals surface area contributed by atoms with E-state index in [1.165, 1.54) is 121 Å². The van der Waals surface area contributed by atoms with Gasteiger partial charge in [0, 0.05) is 32.9 Å². The smallest absolute Gasteiger partial charge is 0.0619 e. The molecule has 0 saturated carbocycles. The van der Waals surface area contributed by atoms with E-state index in [9.17, 15) is 0 Å². The number of hydrogen-bond donors (Lipinski definition) is 0. The maximum Gasteiger partial charge on any atom is 0.0619 e. The first-order chi connectivity index (χ1) is 31.4. The summed E-state index contributed by atoms with van der Waals surface area (Å²) < 4.78 is 0. The molecule has 10 aromatic carbocycles. The van der Waals surface area contributed by atoms with Crippen molar-refractivity contribution in [2.45, 2.75) is 92.9 Å². The summed E-state index contributed by atoms with van der Waals surface area (Å²) in [4.78, 5) is 5.23. The van der Waals surface area contributed by atoms with Gasteiger partial charge >= 0.3 is 0 Å². The van der Waals surface area contributed by atoms with Crippen LogP contribution in [0.25, 0.3) is 53.9 Å². The van der Waals surface area contributed by atoms with E-state index in [0.29, 0.717) is 0 Å². The van der Waals surface area contributed by atoms with Crippen LogP contribution in [0.15, 0.2) is 158 Å². The van der Waals surface area contributed by atoms with E-state index in [1.807, 2.05) is 0 Å². The van der Waals surface area contributed by atoms with Crippen LogP contribution in [0, 0.1) is 13.8 Å². The second kappa shape index (κ2) is 17.5. The second-order valence-electron chi connectivity index (χ2n) is 18.0. The Morgan fingerprint density at radius 3 is 1.23 bits per heavy atom. The second-order valence-corrected chi connectivity index (χ2v) is 18.0. The molecule has 0 aliphatic carbocycles. The van der Waals surface area contributed by atoms with Gasteiger partial charge in [0.05, 0.1) is 22.7 Å². The lowest BCUT2D eigenvalue weighted by molar-refractivity contribution is 0.891. The van der Waals surface area contributed by atoms with Crippen molar-refractivity contribution in [3.05, 3.63) is 191 Å². The molecule has 0 aliphatic heterocycles. The summed E-state index contributed by atoms with van der Waals surface area (Å²) >= 11 is 0. The molecule has 0 saturated heterocycles. The molecule has 64 heavy (non-hydrogen) atoms. The summed E-state index contributed by atoms with van der Waals surface area (Å²) in [6.07, 6.45) is 8.46. The van der Waals surface area contributed by atoms with Gasteiger partial charge in [-0.25, -0.2) is 0 Å². The standard InChI is InChI=1S/C62H60N2/c1-7-17-43-21-13-22-44(18-8-2)60(43)63(47-35-31-41(5)32-36-47)56-40-39-51-49-27-15-30-55-59(49)58(54-29-16-28-53(56)57(51)54)50-25-11-12-26-52(50)62(55)64(48-37-33-42(6)34-38-48)61-45(19-9-3)23-14-24-46(61)20-10-4/h11-16,21-40H,7-10,17-20H2,1-6H3. The Kier molecular flexibility index (Phi) is 11.3. The normalized spacial score (nSPS) is 11.8. The van der Waals surface area contributed by atoms with Crippen LogP contribution < -0.4 is 9.80 Å². The van der Waals surface area contributed by atoms with Gasteiger partial charge in [-0.15, -0.1) is 0 Å². The first-order valence-electron chi connectivity index (χ1n) is 23.9. The quantitative estimate of drug-likeness (QED) is 0.0795. The number of rotatable bonds is 14. The minimum Gasteiger partial charge on any atom is -0.309 e. The summed E-state index contributed by atoms with van der Waals surface area (Å²) in [7, 11) is 0. The van der Waals surface area contributed by atoms with Crippen LogP contribution in [0.1, 0.15) is 86.8 Å². The van der Waals surface area contributed by atoms with Gasteiger partial charge < -0.3 is 9.80 Å². The van der Waals surface area contributed by atoms with E-state index >= 15 is 0 Å². The molecule has 0 fully saturated rings. The number of hydrogen-bond acceptors (Lipinski definition) is 2. The Morgan fingerprint density at radius 1 is 0.297 bits per heavy atom. The van der Waals surface area contributed by atoms with E-state index in [2.05, 4.69) is 209 Å². The van der Waals surface area contributed by atoms with Crippen LogP contribution in [0.5, 0.6) is 0 Å². The van der Waals surface area contributed by atoms with Crippen molar-refractivity contribution >= 4 is 88.0 Å². The highest BCUT2D eigenvalue weighted by molar-refractivity contribution is 6.41. The molecule has 0 N–H and O–H groups in total. The molecule has 0 heterocycles. The third-order valence-corrected chi connectivity index (χ3v) is 13.6. The third kappa shape index (κ3) is 6.96. The van der Waals surface area contributed by atoms with Crippen molar-refractivity contribution < 1.29 is 0 Å². The highest BCUT2D eigenvalue weighted by atomic mass is 15.2. The lowest BCUT2D eigenvalue weighted by Gasteiger charge is -2.33. The predicted molar refractivity (Wildman–Crippen MR) is 280 cm³/mol. The number of aryl methyl sites for hydroxylation is 6. The number of anilines is 6. The Hall–Kier alpha value is -6.64. The average molecular weight is 833 g/mol. The van der Waals surface area contributed by atoms with Crippen LogP contribution in [-0.2, 0) is 25.7 Å². The van der Waals surface area contributed by atoms with Gasteiger partial charge in [0.1, 0.15) is 0 Å². The molecule has 318 valence electrons.